The first-order chi connectivity index (χ1) is 11.0. The lowest BCUT2D eigenvalue weighted by molar-refractivity contribution is -0.122. The first kappa shape index (κ1) is 14.9. The van der Waals surface area contributed by atoms with Crippen LogP contribution in [-0.4, -0.2) is 44.5 Å². The van der Waals surface area contributed by atoms with Crippen molar-refractivity contribution in [2.45, 2.75) is 6.61 Å². The molecule has 1 aromatic heterocycles. The van der Waals surface area contributed by atoms with E-state index < -0.39 is 0 Å². The van der Waals surface area contributed by atoms with Gasteiger partial charge in [-0.3, -0.25) is 4.79 Å². The Labute approximate surface area is 131 Å². The Morgan fingerprint density at radius 2 is 2.04 bits per heavy atom. The highest BCUT2D eigenvalue weighted by Gasteiger charge is 2.31. The van der Waals surface area contributed by atoms with Gasteiger partial charge in [0.2, 0.25) is 0 Å². The van der Waals surface area contributed by atoms with E-state index in [2.05, 4.69) is 15.0 Å². The fourth-order valence-corrected chi connectivity index (χ4v) is 2.11. The third-order valence-electron chi connectivity index (χ3n) is 3.29. The molecule has 0 spiro atoms. The first-order valence-electron chi connectivity index (χ1n) is 6.79. The molecule has 8 heteroatoms. The molecule has 0 atom stereocenters. The predicted molar refractivity (Wildman–Crippen MR) is 77.7 cm³/mol. The van der Waals surface area contributed by atoms with Crippen molar-refractivity contribution in [1.82, 2.24) is 19.9 Å². The smallest absolute Gasteiger partial charge is 0.320 e. The number of ether oxygens (including phenoxy) is 1. The number of aliphatic hydroxyl groups is 1. The highest BCUT2D eigenvalue weighted by molar-refractivity contribution is 6.20. The summed E-state index contributed by atoms with van der Waals surface area (Å²) in [7, 11) is 1.57. The van der Waals surface area contributed by atoms with E-state index in [-0.39, 0.29) is 48.0 Å². The number of amides is 1. The highest BCUT2D eigenvalue weighted by atomic mass is 19.1. The molecule has 2 aromatic rings. The maximum Gasteiger partial charge on any atom is 0.320 e. The largest absolute Gasteiger partial charge is 0.509 e. The summed E-state index contributed by atoms with van der Waals surface area (Å²) < 4.78 is 18.3. The summed E-state index contributed by atoms with van der Waals surface area (Å²) >= 11 is 0. The van der Waals surface area contributed by atoms with E-state index in [1.807, 2.05) is 0 Å². The molecule has 0 saturated carbocycles. The molecule has 1 N–H and O–H groups in total. The van der Waals surface area contributed by atoms with Crippen molar-refractivity contribution in [2.75, 3.05) is 13.6 Å². The summed E-state index contributed by atoms with van der Waals surface area (Å²) in [5.74, 6) is -0.727. The zero-order valence-electron chi connectivity index (χ0n) is 12.2. The third kappa shape index (κ3) is 3.10. The van der Waals surface area contributed by atoms with E-state index in [0.717, 1.165) is 5.56 Å². The van der Waals surface area contributed by atoms with Crippen LogP contribution in [-0.2, 0) is 11.4 Å². The molecule has 1 amide bonds. The monoisotopic (exact) mass is 316 g/mol. The second-order valence-electron chi connectivity index (χ2n) is 4.99. The summed E-state index contributed by atoms with van der Waals surface area (Å²) in [6, 6.07) is 5.84. The summed E-state index contributed by atoms with van der Waals surface area (Å²) in [4.78, 5) is 25.1. The van der Waals surface area contributed by atoms with Gasteiger partial charge in [-0.1, -0.05) is 12.1 Å². The van der Waals surface area contributed by atoms with Gasteiger partial charge in [0.05, 0.1) is 6.54 Å². The molecule has 0 unspecified atom stereocenters. The van der Waals surface area contributed by atoms with Gasteiger partial charge < -0.3 is 14.7 Å². The number of aromatic nitrogens is 3. The van der Waals surface area contributed by atoms with Crippen molar-refractivity contribution in [3.8, 4) is 6.01 Å². The molecule has 7 nitrogen and oxygen atoms in total. The zero-order valence-corrected chi connectivity index (χ0v) is 12.2. The predicted octanol–water partition coefficient (Wildman–Crippen LogP) is 1.33. The molecular weight excluding hydrogens is 303 g/mol. The molecule has 2 heterocycles. The SMILES string of the molecule is CN1CC(O)=C(c2ncnc(OCc3ccc(F)cc3)n2)C1=O. The maximum atomic E-state index is 12.8. The van der Waals surface area contributed by atoms with Crippen LogP contribution in [0.4, 0.5) is 4.39 Å². The van der Waals surface area contributed by atoms with Crippen molar-refractivity contribution >= 4 is 11.5 Å². The lowest BCUT2D eigenvalue weighted by Gasteiger charge is -2.07. The van der Waals surface area contributed by atoms with E-state index in [9.17, 15) is 14.3 Å². The zero-order chi connectivity index (χ0) is 16.4. The molecule has 1 aromatic carbocycles. The van der Waals surface area contributed by atoms with E-state index in [4.69, 9.17) is 4.74 Å². The van der Waals surface area contributed by atoms with Gasteiger partial charge in [-0.15, -0.1) is 0 Å². The van der Waals surface area contributed by atoms with Gasteiger partial charge in [0.15, 0.2) is 5.82 Å². The van der Waals surface area contributed by atoms with E-state index in [1.165, 1.54) is 23.4 Å². The molecule has 23 heavy (non-hydrogen) atoms. The minimum Gasteiger partial charge on any atom is -0.509 e. The normalized spacial score (nSPS) is 14.5. The molecule has 0 radical (unpaired) electrons. The molecule has 0 aliphatic carbocycles. The molecule has 3 rings (SSSR count). The average Bonchev–Trinajstić information content (AvgIpc) is 2.80. The molecule has 1 aliphatic rings. The topological polar surface area (TPSA) is 88.4 Å². The highest BCUT2D eigenvalue weighted by Crippen LogP contribution is 2.23. The summed E-state index contributed by atoms with van der Waals surface area (Å²) in [5.41, 5.74) is 0.786. The van der Waals surface area contributed by atoms with Gasteiger partial charge in [-0.05, 0) is 17.7 Å². The molecule has 118 valence electrons. The van der Waals surface area contributed by atoms with E-state index in [1.54, 1.807) is 19.2 Å². The van der Waals surface area contributed by atoms with Crippen LogP contribution in [0.2, 0.25) is 0 Å². The van der Waals surface area contributed by atoms with Crippen LogP contribution < -0.4 is 4.74 Å². The number of benzene rings is 1. The lowest BCUT2D eigenvalue weighted by Crippen LogP contribution is -2.22. The number of carbonyl (C=O) groups is 1. The third-order valence-corrected chi connectivity index (χ3v) is 3.29. The Kier molecular flexibility index (Phi) is 3.88. The van der Waals surface area contributed by atoms with Crippen LogP contribution in [0, 0.1) is 5.82 Å². The second-order valence-corrected chi connectivity index (χ2v) is 4.99. The maximum absolute atomic E-state index is 12.8. The standard InChI is InChI=1S/C15H13FN4O3/c1-20-6-11(21)12(14(20)22)13-17-8-18-15(19-13)23-7-9-2-4-10(16)5-3-9/h2-5,8,21H,6-7H2,1H3. The van der Waals surface area contributed by atoms with Crippen LogP contribution in [0.15, 0.2) is 36.4 Å². The molecule has 1 aliphatic heterocycles. The molecular formula is C15H13FN4O3. The van der Waals surface area contributed by atoms with Crippen LogP contribution in [0.5, 0.6) is 6.01 Å². The van der Waals surface area contributed by atoms with Crippen molar-refractivity contribution < 1.29 is 19.0 Å². The Balaban J connectivity index is 1.77. The quantitative estimate of drug-likeness (QED) is 0.915. The number of aliphatic hydroxyl groups excluding tert-OH is 1. The number of hydrogen-bond acceptors (Lipinski definition) is 6. The van der Waals surface area contributed by atoms with E-state index in [0.29, 0.717) is 0 Å². The number of likely N-dealkylation sites (N-methyl/N-ethyl adjacent to an activating group) is 1. The number of nitrogens with zero attached hydrogens (tertiary/aromatic N) is 4. The lowest BCUT2D eigenvalue weighted by atomic mass is 10.2. The summed E-state index contributed by atoms with van der Waals surface area (Å²) in [6.07, 6.45) is 1.20. The fourth-order valence-electron chi connectivity index (χ4n) is 2.11. The number of carbonyl (C=O) groups excluding carboxylic acids is 1. The molecule has 0 saturated heterocycles. The van der Waals surface area contributed by atoms with Gasteiger partial charge in [-0.25, -0.2) is 9.37 Å². The Hall–Kier alpha value is -3.03. The van der Waals surface area contributed by atoms with Crippen molar-refractivity contribution in [2.24, 2.45) is 0 Å². The van der Waals surface area contributed by atoms with Crippen LogP contribution in [0.25, 0.3) is 5.57 Å². The second kappa shape index (κ2) is 5.99. The van der Waals surface area contributed by atoms with Crippen LogP contribution in [0.3, 0.4) is 0 Å². The molecule has 0 bridgehead atoms. The van der Waals surface area contributed by atoms with Crippen molar-refractivity contribution in [3.63, 3.8) is 0 Å². The minimum absolute atomic E-state index is 0.0157. The minimum atomic E-state index is -0.363. The van der Waals surface area contributed by atoms with Gasteiger partial charge >= 0.3 is 6.01 Å². The van der Waals surface area contributed by atoms with Gasteiger partial charge in [0.1, 0.15) is 30.1 Å². The number of halogens is 1. The summed E-state index contributed by atoms with van der Waals surface area (Å²) in [6.45, 7) is 0.258. The van der Waals surface area contributed by atoms with Gasteiger partial charge in [-0.2, -0.15) is 9.97 Å². The van der Waals surface area contributed by atoms with Gasteiger partial charge in [0.25, 0.3) is 5.91 Å². The Morgan fingerprint density at radius 3 is 2.70 bits per heavy atom. The fraction of sp³-hybridized carbons (Fsp3) is 0.200. The average molecular weight is 316 g/mol. The number of hydrogen-bond donors (Lipinski definition) is 1. The van der Waals surface area contributed by atoms with E-state index >= 15 is 0 Å². The van der Waals surface area contributed by atoms with Gasteiger partial charge in [0, 0.05) is 7.05 Å². The number of rotatable bonds is 4. The van der Waals surface area contributed by atoms with Crippen LogP contribution in [0.1, 0.15) is 11.4 Å². The first-order valence-corrected chi connectivity index (χ1v) is 6.79. The van der Waals surface area contributed by atoms with Crippen molar-refractivity contribution in [3.05, 3.63) is 53.6 Å². The molecule has 0 fully saturated rings. The van der Waals surface area contributed by atoms with Crippen LogP contribution >= 0.6 is 0 Å². The Morgan fingerprint density at radius 1 is 1.30 bits per heavy atom. The van der Waals surface area contributed by atoms with Crippen molar-refractivity contribution in [1.29, 1.82) is 0 Å². The summed E-state index contributed by atoms with van der Waals surface area (Å²) in [5, 5.41) is 9.85. The Bertz CT molecular complexity index is 777.